The van der Waals surface area contributed by atoms with Gasteiger partial charge in [-0.1, -0.05) is 0 Å². The number of nitriles is 1. The van der Waals surface area contributed by atoms with Crippen LogP contribution in [0.15, 0.2) is 10.9 Å². The average molecular weight is 323 g/mol. The van der Waals surface area contributed by atoms with Gasteiger partial charge in [0.05, 0.1) is 42.3 Å². The van der Waals surface area contributed by atoms with E-state index in [1.54, 1.807) is 6.92 Å². The van der Waals surface area contributed by atoms with Gasteiger partial charge in [-0.05, 0) is 13.0 Å². The van der Waals surface area contributed by atoms with E-state index in [9.17, 15) is 10.1 Å². The number of rotatable bonds is 1. The first-order valence-corrected chi connectivity index (χ1v) is 8.00. The van der Waals surface area contributed by atoms with Crippen molar-refractivity contribution in [1.29, 1.82) is 5.26 Å². The number of hydrogen-bond acceptors (Lipinski definition) is 6. The lowest BCUT2D eigenvalue weighted by molar-refractivity contribution is 0.109. The number of H-pyrrole nitrogens is 1. The summed E-state index contributed by atoms with van der Waals surface area (Å²) in [4.78, 5) is 26.1. The maximum atomic E-state index is 12.2. The lowest BCUT2D eigenvalue weighted by Gasteiger charge is -2.30. The summed E-state index contributed by atoms with van der Waals surface area (Å²) >= 11 is 0. The Labute approximate surface area is 138 Å². The molecule has 0 radical (unpaired) electrons. The summed E-state index contributed by atoms with van der Waals surface area (Å²) in [7, 11) is 0. The van der Waals surface area contributed by atoms with Gasteiger partial charge in [-0.15, -0.1) is 0 Å². The molecule has 0 spiro atoms. The molecular weight excluding hydrogens is 306 g/mol. The number of fused-ring (bicyclic) bond motifs is 2. The SMILES string of the molecule is Cc1nc2c(c(=O)[nH]1)CN(c1nc3c(cc1C#N)COCC3)CC2. The Morgan fingerprint density at radius 2 is 2.21 bits per heavy atom. The van der Waals surface area contributed by atoms with E-state index in [2.05, 4.69) is 16.0 Å². The molecule has 4 heterocycles. The highest BCUT2D eigenvalue weighted by atomic mass is 16.5. The molecule has 1 N–H and O–H groups in total. The van der Waals surface area contributed by atoms with Gasteiger partial charge in [-0.25, -0.2) is 9.97 Å². The molecule has 7 nitrogen and oxygen atoms in total. The molecule has 0 aliphatic carbocycles. The number of aryl methyl sites for hydroxylation is 1. The Bertz CT molecular complexity index is 912. The van der Waals surface area contributed by atoms with Gasteiger partial charge in [0.2, 0.25) is 0 Å². The zero-order valence-corrected chi connectivity index (χ0v) is 13.4. The molecule has 2 aliphatic heterocycles. The fourth-order valence-corrected chi connectivity index (χ4v) is 3.33. The van der Waals surface area contributed by atoms with Crippen LogP contribution >= 0.6 is 0 Å². The van der Waals surface area contributed by atoms with Crippen molar-refractivity contribution < 1.29 is 4.74 Å². The van der Waals surface area contributed by atoms with Crippen molar-refractivity contribution in [3.05, 3.63) is 50.3 Å². The standard InChI is InChI=1S/C17H17N5O2/c1-10-19-15-2-4-22(8-13(15)17(23)20-10)16-11(7-18)6-12-9-24-5-3-14(12)21-16/h6H,2-5,8-9H2,1H3,(H,19,20,23). The highest BCUT2D eigenvalue weighted by Crippen LogP contribution is 2.27. The number of nitrogens with one attached hydrogen (secondary N) is 1. The van der Waals surface area contributed by atoms with E-state index >= 15 is 0 Å². The van der Waals surface area contributed by atoms with Crippen LogP contribution in [0.4, 0.5) is 5.82 Å². The summed E-state index contributed by atoms with van der Waals surface area (Å²) in [5.41, 5.74) is 3.90. The van der Waals surface area contributed by atoms with Crippen molar-refractivity contribution in [1.82, 2.24) is 15.0 Å². The molecule has 122 valence electrons. The number of pyridine rings is 1. The van der Waals surface area contributed by atoms with Gasteiger partial charge >= 0.3 is 0 Å². The summed E-state index contributed by atoms with van der Waals surface area (Å²) < 4.78 is 5.44. The van der Waals surface area contributed by atoms with Gasteiger partial charge in [0.1, 0.15) is 17.7 Å². The lowest BCUT2D eigenvalue weighted by atomic mass is 10.0. The normalized spacial score (nSPS) is 16.2. The van der Waals surface area contributed by atoms with Crippen LogP contribution < -0.4 is 10.5 Å². The fraction of sp³-hybridized carbons (Fsp3) is 0.412. The number of aromatic nitrogens is 3. The van der Waals surface area contributed by atoms with Crippen LogP contribution in [0.1, 0.15) is 33.9 Å². The second-order valence-corrected chi connectivity index (χ2v) is 6.13. The predicted molar refractivity (Wildman–Crippen MR) is 86.7 cm³/mol. The molecule has 7 heteroatoms. The van der Waals surface area contributed by atoms with Crippen molar-refractivity contribution >= 4 is 5.82 Å². The number of nitrogens with zero attached hydrogens (tertiary/aromatic N) is 4. The molecule has 0 saturated carbocycles. The zero-order chi connectivity index (χ0) is 16.7. The first kappa shape index (κ1) is 14.8. The van der Waals surface area contributed by atoms with Gasteiger partial charge in [0, 0.05) is 24.9 Å². The Morgan fingerprint density at radius 3 is 3.04 bits per heavy atom. The van der Waals surface area contributed by atoms with Crippen LogP contribution in [0.5, 0.6) is 0 Å². The van der Waals surface area contributed by atoms with Crippen LogP contribution in [0, 0.1) is 18.3 Å². The van der Waals surface area contributed by atoms with Gasteiger partial charge in [-0.2, -0.15) is 5.26 Å². The molecule has 0 saturated heterocycles. The van der Waals surface area contributed by atoms with Crippen molar-refractivity contribution in [2.45, 2.75) is 32.9 Å². The van der Waals surface area contributed by atoms with E-state index < -0.39 is 0 Å². The monoisotopic (exact) mass is 323 g/mol. The predicted octanol–water partition coefficient (Wildman–Crippen LogP) is 0.980. The van der Waals surface area contributed by atoms with E-state index in [1.165, 1.54) is 0 Å². The van der Waals surface area contributed by atoms with Gasteiger partial charge in [0.15, 0.2) is 0 Å². The van der Waals surface area contributed by atoms with Crippen molar-refractivity contribution in [3.63, 3.8) is 0 Å². The van der Waals surface area contributed by atoms with E-state index in [0.29, 0.717) is 55.5 Å². The van der Waals surface area contributed by atoms with Crippen LogP contribution in [-0.4, -0.2) is 28.1 Å². The lowest BCUT2D eigenvalue weighted by Crippen LogP contribution is -2.37. The molecule has 24 heavy (non-hydrogen) atoms. The minimum absolute atomic E-state index is 0.105. The van der Waals surface area contributed by atoms with Crippen molar-refractivity contribution in [3.8, 4) is 6.07 Å². The second kappa shape index (κ2) is 5.73. The number of aromatic amines is 1. The zero-order valence-electron chi connectivity index (χ0n) is 13.4. The van der Waals surface area contributed by atoms with Crippen molar-refractivity contribution in [2.75, 3.05) is 18.1 Å². The summed E-state index contributed by atoms with van der Waals surface area (Å²) in [6.45, 7) is 4.06. The summed E-state index contributed by atoms with van der Waals surface area (Å²) in [5, 5.41) is 9.50. The quantitative estimate of drug-likeness (QED) is 0.840. The molecule has 4 rings (SSSR count). The average Bonchev–Trinajstić information content (AvgIpc) is 2.60. The van der Waals surface area contributed by atoms with E-state index in [0.717, 1.165) is 23.4 Å². The first-order chi connectivity index (χ1) is 11.7. The van der Waals surface area contributed by atoms with Gasteiger partial charge < -0.3 is 14.6 Å². The number of hydrogen-bond donors (Lipinski definition) is 1. The van der Waals surface area contributed by atoms with Crippen LogP contribution in [-0.2, 0) is 30.7 Å². The Morgan fingerprint density at radius 1 is 1.33 bits per heavy atom. The maximum Gasteiger partial charge on any atom is 0.256 e. The van der Waals surface area contributed by atoms with Gasteiger partial charge in [-0.3, -0.25) is 4.79 Å². The Hall–Kier alpha value is -2.72. The molecule has 0 atom stereocenters. The maximum absolute atomic E-state index is 12.2. The molecule has 0 aromatic carbocycles. The molecule has 2 aromatic rings. The van der Waals surface area contributed by atoms with Crippen LogP contribution in [0.25, 0.3) is 0 Å². The summed E-state index contributed by atoms with van der Waals surface area (Å²) in [6.07, 6.45) is 1.42. The highest BCUT2D eigenvalue weighted by Gasteiger charge is 2.25. The summed E-state index contributed by atoms with van der Waals surface area (Å²) in [6, 6.07) is 4.09. The first-order valence-electron chi connectivity index (χ1n) is 8.00. The van der Waals surface area contributed by atoms with Crippen LogP contribution in [0.3, 0.4) is 0 Å². The molecule has 0 unspecified atom stereocenters. The third-order valence-electron chi connectivity index (χ3n) is 4.52. The molecule has 2 aromatic heterocycles. The number of anilines is 1. The van der Waals surface area contributed by atoms with Crippen molar-refractivity contribution in [2.24, 2.45) is 0 Å². The van der Waals surface area contributed by atoms with Crippen LogP contribution in [0.2, 0.25) is 0 Å². The third-order valence-corrected chi connectivity index (χ3v) is 4.52. The molecule has 0 bridgehead atoms. The fourth-order valence-electron chi connectivity index (χ4n) is 3.33. The molecule has 2 aliphatic rings. The van der Waals surface area contributed by atoms with Gasteiger partial charge in [0.25, 0.3) is 5.56 Å². The van der Waals surface area contributed by atoms with E-state index in [-0.39, 0.29) is 5.56 Å². The minimum atomic E-state index is -0.105. The molecule has 0 fully saturated rings. The third kappa shape index (κ3) is 2.45. The molecule has 0 amide bonds. The smallest absolute Gasteiger partial charge is 0.256 e. The minimum Gasteiger partial charge on any atom is -0.376 e. The molecular formula is C17H17N5O2. The Kier molecular flexibility index (Phi) is 3.54. The van der Waals surface area contributed by atoms with E-state index in [4.69, 9.17) is 9.72 Å². The Balaban J connectivity index is 1.75. The topological polar surface area (TPSA) is 94.9 Å². The largest absolute Gasteiger partial charge is 0.376 e. The number of ether oxygens (including phenoxy) is 1. The van der Waals surface area contributed by atoms with E-state index in [1.807, 2.05) is 11.0 Å². The summed E-state index contributed by atoms with van der Waals surface area (Å²) in [5.74, 6) is 1.29. The second-order valence-electron chi connectivity index (χ2n) is 6.13. The highest BCUT2D eigenvalue weighted by molar-refractivity contribution is 5.57.